The van der Waals surface area contributed by atoms with Crippen LogP contribution in [0.25, 0.3) is 6.08 Å². The lowest BCUT2D eigenvalue weighted by Gasteiger charge is -2.14. The summed E-state index contributed by atoms with van der Waals surface area (Å²) in [4.78, 5) is 25.4. The molecule has 1 aliphatic heterocycles. The van der Waals surface area contributed by atoms with Crippen LogP contribution in [0, 0.1) is 6.92 Å². The van der Waals surface area contributed by atoms with Gasteiger partial charge in [0, 0.05) is 18.7 Å². The Kier molecular flexibility index (Phi) is 7.03. The third-order valence-corrected chi connectivity index (χ3v) is 4.75. The van der Waals surface area contributed by atoms with Crippen molar-refractivity contribution in [3.05, 3.63) is 70.9 Å². The SMILES string of the molecule is COc1ccc(/C=C(/NC(=O)c2ccc(C)cc2)C(=O)NC[C@H]2CCCO2)cc1. The quantitative estimate of drug-likeness (QED) is 0.708. The zero-order valence-corrected chi connectivity index (χ0v) is 16.7. The summed E-state index contributed by atoms with van der Waals surface area (Å²) >= 11 is 0. The molecule has 1 aliphatic rings. The summed E-state index contributed by atoms with van der Waals surface area (Å²) in [6, 6.07) is 14.4. The maximum Gasteiger partial charge on any atom is 0.267 e. The smallest absolute Gasteiger partial charge is 0.267 e. The number of hydrogen-bond acceptors (Lipinski definition) is 4. The number of rotatable bonds is 7. The predicted octanol–water partition coefficient (Wildman–Crippen LogP) is 3.07. The van der Waals surface area contributed by atoms with Crippen LogP contribution >= 0.6 is 0 Å². The fourth-order valence-corrected chi connectivity index (χ4v) is 3.03. The van der Waals surface area contributed by atoms with Crippen molar-refractivity contribution < 1.29 is 19.1 Å². The van der Waals surface area contributed by atoms with Gasteiger partial charge < -0.3 is 20.1 Å². The van der Waals surface area contributed by atoms with E-state index in [1.54, 1.807) is 37.5 Å². The lowest BCUT2D eigenvalue weighted by molar-refractivity contribution is -0.118. The molecule has 1 saturated heterocycles. The Balaban J connectivity index is 1.77. The van der Waals surface area contributed by atoms with Crippen LogP contribution in [0.3, 0.4) is 0 Å². The minimum absolute atomic E-state index is 0.0222. The van der Waals surface area contributed by atoms with Gasteiger partial charge in [-0.2, -0.15) is 0 Å². The molecule has 6 nitrogen and oxygen atoms in total. The summed E-state index contributed by atoms with van der Waals surface area (Å²) in [5, 5.41) is 5.60. The highest BCUT2D eigenvalue weighted by Crippen LogP contribution is 2.15. The molecule has 6 heteroatoms. The number of amides is 2. The molecule has 2 aromatic rings. The summed E-state index contributed by atoms with van der Waals surface area (Å²) < 4.78 is 10.7. The van der Waals surface area contributed by atoms with Gasteiger partial charge in [0.2, 0.25) is 0 Å². The van der Waals surface area contributed by atoms with E-state index in [0.717, 1.165) is 36.3 Å². The van der Waals surface area contributed by atoms with Crippen molar-refractivity contribution in [3.8, 4) is 5.75 Å². The lowest BCUT2D eigenvalue weighted by atomic mass is 10.1. The molecule has 0 spiro atoms. The van der Waals surface area contributed by atoms with Crippen molar-refractivity contribution in [1.29, 1.82) is 0 Å². The van der Waals surface area contributed by atoms with Crippen LogP contribution in [0.15, 0.2) is 54.2 Å². The molecule has 0 unspecified atom stereocenters. The van der Waals surface area contributed by atoms with Crippen LogP contribution < -0.4 is 15.4 Å². The molecule has 1 heterocycles. The Morgan fingerprint density at radius 3 is 2.48 bits per heavy atom. The largest absolute Gasteiger partial charge is 0.497 e. The van der Waals surface area contributed by atoms with E-state index in [4.69, 9.17) is 9.47 Å². The molecule has 2 amide bonds. The van der Waals surface area contributed by atoms with Gasteiger partial charge in [-0.25, -0.2) is 0 Å². The Morgan fingerprint density at radius 1 is 1.14 bits per heavy atom. The summed E-state index contributed by atoms with van der Waals surface area (Å²) in [5.74, 6) is 0.0315. The van der Waals surface area contributed by atoms with E-state index in [-0.39, 0.29) is 23.6 Å². The predicted molar refractivity (Wildman–Crippen MR) is 112 cm³/mol. The number of carbonyl (C=O) groups excluding carboxylic acids is 2. The van der Waals surface area contributed by atoms with Crippen LogP contribution in [-0.2, 0) is 9.53 Å². The first kappa shape index (κ1) is 20.6. The van der Waals surface area contributed by atoms with Crippen LogP contribution in [0.5, 0.6) is 5.75 Å². The Bertz CT molecular complexity index is 867. The van der Waals surface area contributed by atoms with Gasteiger partial charge in [-0.3, -0.25) is 9.59 Å². The lowest BCUT2D eigenvalue weighted by Crippen LogP contribution is -2.38. The van der Waals surface area contributed by atoms with E-state index >= 15 is 0 Å². The Morgan fingerprint density at radius 2 is 1.86 bits per heavy atom. The second kappa shape index (κ2) is 9.89. The molecule has 3 rings (SSSR count). The number of ether oxygens (including phenoxy) is 2. The highest BCUT2D eigenvalue weighted by Gasteiger charge is 2.19. The van der Waals surface area contributed by atoms with Gasteiger partial charge >= 0.3 is 0 Å². The summed E-state index contributed by atoms with van der Waals surface area (Å²) in [5.41, 5.74) is 2.50. The molecule has 0 aromatic heterocycles. The molecule has 0 saturated carbocycles. The van der Waals surface area contributed by atoms with Crippen molar-refractivity contribution in [2.75, 3.05) is 20.3 Å². The number of methoxy groups -OCH3 is 1. The van der Waals surface area contributed by atoms with E-state index in [1.807, 2.05) is 31.2 Å². The summed E-state index contributed by atoms with van der Waals surface area (Å²) in [6.07, 6.45) is 3.59. The molecular formula is C23H26N2O4. The van der Waals surface area contributed by atoms with Crippen molar-refractivity contribution in [2.24, 2.45) is 0 Å². The molecule has 0 bridgehead atoms. The first-order valence-corrected chi connectivity index (χ1v) is 9.69. The highest BCUT2D eigenvalue weighted by molar-refractivity contribution is 6.05. The van der Waals surface area contributed by atoms with Crippen LogP contribution in [0.1, 0.15) is 34.3 Å². The summed E-state index contributed by atoms with van der Waals surface area (Å²) in [6.45, 7) is 3.09. The van der Waals surface area contributed by atoms with E-state index in [1.165, 1.54) is 0 Å². The fraction of sp³-hybridized carbons (Fsp3) is 0.304. The third kappa shape index (κ3) is 5.93. The molecular weight excluding hydrogens is 368 g/mol. The molecule has 0 radical (unpaired) electrons. The average molecular weight is 394 g/mol. The first-order chi connectivity index (χ1) is 14.0. The number of aryl methyl sites for hydroxylation is 1. The molecule has 0 aliphatic carbocycles. The number of carbonyl (C=O) groups is 2. The van der Waals surface area contributed by atoms with Crippen molar-refractivity contribution in [2.45, 2.75) is 25.9 Å². The Hall–Kier alpha value is -3.12. The van der Waals surface area contributed by atoms with Gasteiger partial charge in [0.1, 0.15) is 11.4 Å². The topological polar surface area (TPSA) is 76.7 Å². The van der Waals surface area contributed by atoms with Crippen LogP contribution in [-0.4, -0.2) is 38.2 Å². The van der Waals surface area contributed by atoms with E-state index in [0.29, 0.717) is 12.1 Å². The van der Waals surface area contributed by atoms with Crippen molar-refractivity contribution in [3.63, 3.8) is 0 Å². The van der Waals surface area contributed by atoms with E-state index < -0.39 is 0 Å². The number of nitrogens with one attached hydrogen (secondary N) is 2. The molecule has 1 atom stereocenters. The molecule has 1 fully saturated rings. The molecule has 152 valence electrons. The van der Waals surface area contributed by atoms with Crippen LogP contribution in [0.4, 0.5) is 0 Å². The van der Waals surface area contributed by atoms with Gasteiger partial charge in [0.25, 0.3) is 11.8 Å². The second-order valence-electron chi connectivity index (χ2n) is 7.00. The third-order valence-electron chi connectivity index (χ3n) is 4.75. The van der Waals surface area contributed by atoms with E-state index in [9.17, 15) is 9.59 Å². The maximum absolute atomic E-state index is 12.8. The van der Waals surface area contributed by atoms with Crippen molar-refractivity contribution >= 4 is 17.9 Å². The highest BCUT2D eigenvalue weighted by atomic mass is 16.5. The summed E-state index contributed by atoms with van der Waals surface area (Å²) in [7, 11) is 1.59. The van der Waals surface area contributed by atoms with Crippen LogP contribution in [0.2, 0.25) is 0 Å². The average Bonchev–Trinajstić information content (AvgIpc) is 3.26. The maximum atomic E-state index is 12.8. The zero-order valence-electron chi connectivity index (χ0n) is 16.7. The first-order valence-electron chi connectivity index (χ1n) is 9.69. The van der Waals surface area contributed by atoms with E-state index in [2.05, 4.69) is 10.6 Å². The molecule has 2 N–H and O–H groups in total. The van der Waals surface area contributed by atoms with Gasteiger partial charge in [0.05, 0.1) is 13.2 Å². The second-order valence-corrected chi connectivity index (χ2v) is 7.00. The number of hydrogen-bond donors (Lipinski definition) is 2. The van der Waals surface area contributed by atoms with Gasteiger partial charge in [-0.15, -0.1) is 0 Å². The van der Waals surface area contributed by atoms with Gasteiger partial charge in [-0.05, 0) is 55.7 Å². The van der Waals surface area contributed by atoms with Gasteiger partial charge in [-0.1, -0.05) is 29.8 Å². The molecule has 2 aromatic carbocycles. The molecule has 29 heavy (non-hydrogen) atoms. The fourth-order valence-electron chi connectivity index (χ4n) is 3.03. The van der Waals surface area contributed by atoms with Crippen molar-refractivity contribution in [1.82, 2.24) is 10.6 Å². The standard InChI is InChI=1S/C23H26N2O4/c1-16-5-9-18(10-6-16)22(26)25-21(14-17-7-11-19(28-2)12-8-17)23(27)24-15-20-4-3-13-29-20/h5-12,14,20H,3-4,13,15H2,1-2H3,(H,24,27)(H,25,26)/b21-14+/t20-/m1/s1. The monoisotopic (exact) mass is 394 g/mol. The Labute approximate surface area is 170 Å². The zero-order chi connectivity index (χ0) is 20.6. The minimum Gasteiger partial charge on any atom is -0.497 e. The van der Waals surface area contributed by atoms with Gasteiger partial charge in [0.15, 0.2) is 0 Å². The minimum atomic E-state index is -0.350. The number of benzene rings is 2. The normalized spacial score (nSPS) is 16.3.